The minimum Gasteiger partial charge on any atom is -0.504 e. The molecule has 0 saturated carbocycles. The maximum atomic E-state index is 12.3. The van der Waals surface area contributed by atoms with Gasteiger partial charge in [-0.1, -0.05) is 6.07 Å². The Morgan fingerprint density at radius 2 is 2.28 bits per heavy atom. The fourth-order valence-electron chi connectivity index (χ4n) is 1.91. The van der Waals surface area contributed by atoms with Crippen molar-refractivity contribution < 1.29 is 19.7 Å². The Morgan fingerprint density at radius 3 is 3.00 bits per heavy atom. The maximum absolute atomic E-state index is 12.3. The number of hydrogen-bond acceptors (Lipinski definition) is 4. The molecule has 0 bridgehead atoms. The van der Waals surface area contributed by atoms with Crippen LogP contribution in [0.1, 0.15) is 10.4 Å². The molecule has 1 aliphatic rings. The molecule has 1 aliphatic heterocycles. The predicted octanol–water partition coefficient (Wildman–Crippen LogP) is 1.18. The van der Waals surface area contributed by atoms with Crippen molar-refractivity contribution in [1.29, 1.82) is 0 Å². The van der Waals surface area contributed by atoms with E-state index in [0.717, 1.165) is 0 Å². The molecular formula is C12H14ClNO4. The number of nitrogens with zero attached hydrogens (tertiary/aromatic N) is 1. The molecule has 1 amide bonds. The molecular weight excluding hydrogens is 258 g/mol. The molecule has 2 N–H and O–H groups in total. The van der Waals surface area contributed by atoms with E-state index in [1.54, 1.807) is 4.90 Å². The largest absolute Gasteiger partial charge is 0.504 e. The van der Waals surface area contributed by atoms with E-state index in [1.807, 2.05) is 0 Å². The van der Waals surface area contributed by atoms with Crippen LogP contribution in [0.15, 0.2) is 18.2 Å². The lowest BCUT2D eigenvalue weighted by Crippen LogP contribution is -2.49. The molecule has 18 heavy (non-hydrogen) atoms. The molecule has 1 unspecified atom stereocenters. The fraction of sp³-hybridized carbons (Fsp3) is 0.417. The summed E-state index contributed by atoms with van der Waals surface area (Å²) in [7, 11) is 0. The highest BCUT2D eigenvalue weighted by molar-refractivity contribution is 6.18. The maximum Gasteiger partial charge on any atom is 0.258 e. The second kappa shape index (κ2) is 5.46. The monoisotopic (exact) mass is 271 g/mol. The third-order valence-electron chi connectivity index (χ3n) is 2.91. The van der Waals surface area contributed by atoms with Gasteiger partial charge in [-0.15, -0.1) is 11.6 Å². The van der Waals surface area contributed by atoms with E-state index >= 15 is 0 Å². The first-order chi connectivity index (χ1) is 8.65. The highest BCUT2D eigenvalue weighted by Crippen LogP contribution is 2.29. The molecule has 0 spiro atoms. The summed E-state index contributed by atoms with van der Waals surface area (Å²) in [6.07, 6.45) is 0. The number of ether oxygens (including phenoxy) is 1. The van der Waals surface area contributed by atoms with E-state index in [-0.39, 0.29) is 29.1 Å². The van der Waals surface area contributed by atoms with Gasteiger partial charge in [0.25, 0.3) is 5.91 Å². The first kappa shape index (κ1) is 13.0. The molecule has 0 radical (unpaired) electrons. The van der Waals surface area contributed by atoms with Gasteiger partial charge in [-0.05, 0) is 12.1 Å². The zero-order valence-corrected chi connectivity index (χ0v) is 10.4. The molecule has 1 heterocycles. The van der Waals surface area contributed by atoms with E-state index in [1.165, 1.54) is 18.2 Å². The summed E-state index contributed by atoms with van der Waals surface area (Å²) in [5, 5.41) is 19.1. The number of phenolic OH excluding ortho intramolecular Hbond substituents is 2. The normalized spacial score (nSPS) is 19.8. The zero-order valence-electron chi connectivity index (χ0n) is 9.67. The van der Waals surface area contributed by atoms with E-state index in [0.29, 0.717) is 19.8 Å². The SMILES string of the molecule is O=C(c1cccc(O)c1O)N1CCOCC1CCl. The second-order valence-corrected chi connectivity index (χ2v) is 4.36. The topological polar surface area (TPSA) is 70.0 Å². The Kier molecular flexibility index (Phi) is 3.93. The van der Waals surface area contributed by atoms with Crippen molar-refractivity contribution in [1.82, 2.24) is 4.90 Å². The number of aromatic hydroxyl groups is 2. The van der Waals surface area contributed by atoms with Crippen LogP contribution >= 0.6 is 11.6 Å². The van der Waals surface area contributed by atoms with Crippen molar-refractivity contribution in [2.75, 3.05) is 25.6 Å². The van der Waals surface area contributed by atoms with Crippen molar-refractivity contribution >= 4 is 17.5 Å². The minimum absolute atomic E-state index is 0.0759. The van der Waals surface area contributed by atoms with Gasteiger partial charge in [0.2, 0.25) is 0 Å². The number of para-hydroxylation sites is 1. The fourth-order valence-corrected chi connectivity index (χ4v) is 2.16. The lowest BCUT2D eigenvalue weighted by molar-refractivity contribution is 0.00439. The number of phenols is 2. The number of alkyl halides is 1. The molecule has 1 aromatic carbocycles. The van der Waals surface area contributed by atoms with Gasteiger partial charge >= 0.3 is 0 Å². The minimum atomic E-state index is -0.401. The van der Waals surface area contributed by atoms with Gasteiger partial charge < -0.3 is 19.8 Å². The van der Waals surface area contributed by atoms with Crippen LogP contribution in [0.25, 0.3) is 0 Å². The van der Waals surface area contributed by atoms with Gasteiger partial charge in [0.05, 0.1) is 24.8 Å². The number of carbonyl (C=O) groups is 1. The Hall–Kier alpha value is -1.46. The van der Waals surface area contributed by atoms with E-state index in [2.05, 4.69) is 0 Å². The summed E-state index contributed by atoms with van der Waals surface area (Å²) < 4.78 is 5.25. The number of hydrogen-bond donors (Lipinski definition) is 2. The molecule has 6 heteroatoms. The summed E-state index contributed by atoms with van der Waals surface area (Å²) in [5.41, 5.74) is 0.0759. The van der Waals surface area contributed by atoms with Gasteiger partial charge in [0.15, 0.2) is 11.5 Å². The van der Waals surface area contributed by atoms with Gasteiger partial charge in [0.1, 0.15) is 0 Å². The Bertz CT molecular complexity index is 452. The highest BCUT2D eigenvalue weighted by Gasteiger charge is 2.29. The van der Waals surface area contributed by atoms with Crippen molar-refractivity contribution in [2.45, 2.75) is 6.04 Å². The van der Waals surface area contributed by atoms with Crippen LogP contribution in [0.5, 0.6) is 11.5 Å². The summed E-state index contributed by atoms with van der Waals surface area (Å²) in [6, 6.07) is 4.09. The quantitative estimate of drug-likeness (QED) is 0.626. The zero-order chi connectivity index (χ0) is 13.1. The lowest BCUT2D eigenvalue weighted by Gasteiger charge is -2.34. The number of halogens is 1. The standard InChI is InChI=1S/C12H14ClNO4/c13-6-8-7-18-5-4-14(8)12(17)9-2-1-3-10(15)11(9)16/h1-3,8,15-16H,4-7H2. The molecule has 1 aromatic rings. The molecule has 1 atom stereocenters. The summed E-state index contributed by atoms with van der Waals surface area (Å²) in [6.45, 7) is 1.25. The Balaban J connectivity index is 2.27. The number of rotatable bonds is 2. The highest BCUT2D eigenvalue weighted by atomic mass is 35.5. The average molecular weight is 272 g/mol. The van der Waals surface area contributed by atoms with Gasteiger partial charge in [-0.25, -0.2) is 0 Å². The molecule has 0 aliphatic carbocycles. The van der Waals surface area contributed by atoms with Crippen molar-refractivity contribution in [3.05, 3.63) is 23.8 Å². The first-order valence-electron chi connectivity index (χ1n) is 5.60. The van der Waals surface area contributed by atoms with Crippen LogP contribution in [0.4, 0.5) is 0 Å². The van der Waals surface area contributed by atoms with Crippen LogP contribution in [0.2, 0.25) is 0 Å². The third-order valence-corrected chi connectivity index (χ3v) is 3.27. The molecule has 1 fully saturated rings. The number of morpholine rings is 1. The van der Waals surface area contributed by atoms with Crippen molar-refractivity contribution in [3.63, 3.8) is 0 Å². The smallest absolute Gasteiger partial charge is 0.258 e. The molecule has 2 rings (SSSR count). The first-order valence-corrected chi connectivity index (χ1v) is 6.14. The van der Waals surface area contributed by atoms with Crippen LogP contribution in [-0.2, 0) is 4.74 Å². The molecule has 1 saturated heterocycles. The van der Waals surface area contributed by atoms with Crippen LogP contribution in [0, 0.1) is 0 Å². The van der Waals surface area contributed by atoms with Crippen LogP contribution in [-0.4, -0.2) is 52.7 Å². The third kappa shape index (κ3) is 2.37. The van der Waals surface area contributed by atoms with Crippen molar-refractivity contribution in [3.8, 4) is 11.5 Å². The second-order valence-electron chi connectivity index (χ2n) is 4.05. The summed E-state index contributed by atoms with van der Waals surface area (Å²) in [4.78, 5) is 13.8. The molecule has 0 aromatic heterocycles. The Labute approximate surface area is 110 Å². The van der Waals surface area contributed by atoms with Crippen LogP contribution < -0.4 is 0 Å². The summed E-state index contributed by atoms with van der Waals surface area (Å²) in [5.74, 6) is -0.790. The van der Waals surface area contributed by atoms with E-state index in [9.17, 15) is 15.0 Å². The Morgan fingerprint density at radius 1 is 1.50 bits per heavy atom. The average Bonchev–Trinajstić information content (AvgIpc) is 2.41. The number of amides is 1. The predicted molar refractivity (Wildman–Crippen MR) is 66.1 cm³/mol. The number of benzene rings is 1. The van der Waals surface area contributed by atoms with Gasteiger partial charge in [0, 0.05) is 12.4 Å². The lowest BCUT2D eigenvalue weighted by atomic mass is 10.1. The van der Waals surface area contributed by atoms with E-state index < -0.39 is 5.75 Å². The number of carbonyl (C=O) groups excluding carboxylic acids is 1. The van der Waals surface area contributed by atoms with Crippen molar-refractivity contribution in [2.24, 2.45) is 0 Å². The van der Waals surface area contributed by atoms with Gasteiger partial charge in [-0.2, -0.15) is 0 Å². The summed E-state index contributed by atoms with van der Waals surface area (Å²) >= 11 is 5.79. The molecule has 98 valence electrons. The van der Waals surface area contributed by atoms with E-state index in [4.69, 9.17) is 16.3 Å². The molecule has 5 nitrogen and oxygen atoms in total. The van der Waals surface area contributed by atoms with Crippen LogP contribution in [0.3, 0.4) is 0 Å². The van der Waals surface area contributed by atoms with Gasteiger partial charge in [-0.3, -0.25) is 4.79 Å².